The highest BCUT2D eigenvalue weighted by atomic mass is 32.2. The lowest BCUT2D eigenvalue weighted by Gasteiger charge is -2.10. The van der Waals surface area contributed by atoms with E-state index < -0.39 is 21.7 Å². The lowest BCUT2D eigenvalue weighted by molar-refractivity contribution is 0.102. The molecule has 0 aliphatic rings. The highest BCUT2D eigenvalue weighted by molar-refractivity contribution is 7.92. The average Bonchev–Trinajstić information content (AvgIpc) is 3.02. The van der Waals surface area contributed by atoms with Gasteiger partial charge < -0.3 is 0 Å². The maximum Gasteiger partial charge on any atom is 0.261 e. The van der Waals surface area contributed by atoms with Crippen LogP contribution < -0.4 is 10.0 Å². The van der Waals surface area contributed by atoms with Crippen LogP contribution in [0.5, 0.6) is 0 Å². The molecule has 0 saturated heterocycles. The van der Waals surface area contributed by atoms with E-state index in [2.05, 4.69) is 20.2 Å². The summed E-state index contributed by atoms with van der Waals surface area (Å²) >= 11 is 1.22. The number of benzene rings is 2. The number of anilines is 2. The predicted molar refractivity (Wildman–Crippen MR) is 101 cm³/mol. The van der Waals surface area contributed by atoms with Crippen molar-refractivity contribution in [1.29, 1.82) is 0 Å². The third kappa shape index (κ3) is 4.47. The molecule has 1 heterocycles. The summed E-state index contributed by atoms with van der Waals surface area (Å²) in [5.74, 6) is -1.06. The minimum Gasteiger partial charge on any atom is -0.296 e. The molecular weight excluding hydrogens is 391 g/mol. The zero-order chi connectivity index (χ0) is 19.6. The second kappa shape index (κ2) is 7.41. The maximum absolute atomic E-state index is 13.7. The molecule has 3 rings (SSSR count). The Labute approximate surface area is 159 Å². The standard InChI is InChI=1S/C17H15FN4O3S2/c1-10-6-7-14(9-15(10)18)27(24,25)22-13-5-3-4-12(8-13)16(23)19-17-21-20-11(2)26-17/h3-9,22H,1-2H3,(H,19,21,23). The van der Waals surface area contributed by atoms with Gasteiger partial charge in [-0.1, -0.05) is 23.5 Å². The van der Waals surface area contributed by atoms with Crippen LogP contribution >= 0.6 is 11.3 Å². The first-order valence-electron chi connectivity index (χ1n) is 7.75. The van der Waals surface area contributed by atoms with Crippen LogP contribution in [0.15, 0.2) is 47.4 Å². The molecule has 0 bridgehead atoms. The molecule has 10 heteroatoms. The van der Waals surface area contributed by atoms with Crippen molar-refractivity contribution in [2.45, 2.75) is 18.7 Å². The van der Waals surface area contributed by atoms with Gasteiger partial charge in [0.25, 0.3) is 15.9 Å². The number of nitrogens with zero attached hydrogens (tertiary/aromatic N) is 2. The Hall–Kier alpha value is -2.85. The molecule has 0 unspecified atom stereocenters. The van der Waals surface area contributed by atoms with E-state index in [-0.39, 0.29) is 16.1 Å². The van der Waals surface area contributed by atoms with Gasteiger partial charge in [-0.15, -0.1) is 10.2 Å². The Morgan fingerprint density at radius 3 is 2.56 bits per heavy atom. The minimum absolute atomic E-state index is 0.178. The van der Waals surface area contributed by atoms with Crippen LogP contribution in [0.1, 0.15) is 20.9 Å². The number of aryl methyl sites for hydroxylation is 2. The third-order valence-corrected chi connectivity index (χ3v) is 5.71. The third-order valence-electron chi connectivity index (χ3n) is 3.58. The van der Waals surface area contributed by atoms with Gasteiger partial charge in [0.15, 0.2) is 0 Å². The number of nitrogens with one attached hydrogen (secondary N) is 2. The molecule has 0 saturated carbocycles. The lowest BCUT2D eigenvalue weighted by atomic mass is 10.2. The first-order valence-corrected chi connectivity index (χ1v) is 10.0. The zero-order valence-corrected chi connectivity index (χ0v) is 16.0. The second-order valence-corrected chi connectivity index (χ2v) is 8.54. The lowest BCUT2D eigenvalue weighted by Crippen LogP contribution is -2.15. The SMILES string of the molecule is Cc1nnc(NC(=O)c2cccc(NS(=O)(=O)c3ccc(C)c(F)c3)c2)s1. The van der Waals surface area contributed by atoms with Gasteiger partial charge in [-0.3, -0.25) is 14.8 Å². The van der Waals surface area contributed by atoms with Crippen molar-refractivity contribution >= 4 is 38.1 Å². The second-order valence-electron chi connectivity index (χ2n) is 5.68. The summed E-state index contributed by atoms with van der Waals surface area (Å²) in [5.41, 5.74) is 0.759. The summed E-state index contributed by atoms with van der Waals surface area (Å²) in [7, 11) is -3.99. The van der Waals surface area contributed by atoms with Crippen LogP contribution in [0.4, 0.5) is 15.2 Å². The fraction of sp³-hybridized carbons (Fsp3) is 0.118. The summed E-state index contributed by atoms with van der Waals surface area (Å²) in [6.45, 7) is 3.30. The van der Waals surface area contributed by atoms with E-state index in [0.717, 1.165) is 6.07 Å². The predicted octanol–water partition coefficient (Wildman–Crippen LogP) is 3.35. The number of hydrogen-bond acceptors (Lipinski definition) is 6. The van der Waals surface area contributed by atoms with Crippen LogP contribution in [-0.4, -0.2) is 24.5 Å². The minimum atomic E-state index is -3.99. The maximum atomic E-state index is 13.7. The highest BCUT2D eigenvalue weighted by Crippen LogP contribution is 2.20. The summed E-state index contributed by atoms with van der Waals surface area (Å²) in [4.78, 5) is 12.1. The molecule has 140 valence electrons. The van der Waals surface area contributed by atoms with Gasteiger partial charge in [0.2, 0.25) is 5.13 Å². The normalized spacial score (nSPS) is 11.2. The molecule has 0 radical (unpaired) electrons. The van der Waals surface area contributed by atoms with Gasteiger partial charge in [0, 0.05) is 11.3 Å². The molecule has 0 aliphatic heterocycles. The van der Waals surface area contributed by atoms with Gasteiger partial charge in [-0.05, 0) is 49.7 Å². The molecule has 0 fully saturated rings. The average molecular weight is 406 g/mol. The van der Waals surface area contributed by atoms with Crippen molar-refractivity contribution in [3.63, 3.8) is 0 Å². The topological polar surface area (TPSA) is 101 Å². The van der Waals surface area contributed by atoms with E-state index in [0.29, 0.717) is 15.7 Å². The first kappa shape index (κ1) is 18.9. The van der Waals surface area contributed by atoms with Crippen molar-refractivity contribution in [2.24, 2.45) is 0 Å². The van der Waals surface area contributed by atoms with E-state index in [9.17, 15) is 17.6 Å². The smallest absolute Gasteiger partial charge is 0.261 e. The molecule has 1 amide bonds. The largest absolute Gasteiger partial charge is 0.296 e. The number of amides is 1. The van der Waals surface area contributed by atoms with Crippen LogP contribution in [0.2, 0.25) is 0 Å². The number of hydrogen-bond donors (Lipinski definition) is 2. The number of carbonyl (C=O) groups is 1. The molecule has 7 nitrogen and oxygen atoms in total. The zero-order valence-electron chi connectivity index (χ0n) is 14.4. The van der Waals surface area contributed by atoms with Crippen molar-refractivity contribution in [3.8, 4) is 0 Å². The van der Waals surface area contributed by atoms with Gasteiger partial charge in [0.1, 0.15) is 10.8 Å². The van der Waals surface area contributed by atoms with Gasteiger partial charge in [0.05, 0.1) is 4.90 Å². The van der Waals surface area contributed by atoms with Crippen molar-refractivity contribution < 1.29 is 17.6 Å². The van der Waals surface area contributed by atoms with Crippen LogP contribution in [-0.2, 0) is 10.0 Å². The van der Waals surface area contributed by atoms with E-state index in [1.165, 1.54) is 47.7 Å². The molecule has 2 aromatic carbocycles. The Morgan fingerprint density at radius 1 is 1.11 bits per heavy atom. The van der Waals surface area contributed by atoms with Gasteiger partial charge in [-0.2, -0.15) is 0 Å². The van der Waals surface area contributed by atoms with Crippen molar-refractivity contribution in [1.82, 2.24) is 10.2 Å². The van der Waals surface area contributed by atoms with Crippen molar-refractivity contribution in [2.75, 3.05) is 10.0 Å². The highest BCUT2D eigenvalue weighted by Gasteiger charge is 2.17. The number of halogens is 1. The molecule has 1 aromatic heterocycles. The molecule has 0 aliphatic carbocycles. The van der Waals surface area contributed by atoms with Crippen LogP contribution in [0.25, 0.3) is 0 Å². The molecule has 0 atom stereocenters. The molecule has 27 heavy (non-hydrogen) atoms. The van der Waals surface area contributed by atoms with Crippen LogP contribution in [0, 0.1) is 19.7 Å². The summed E-state index contributed by atoms with van der Waals surface area (Å²) in [6.07, 6.45) is 0. The fourth-order valence-corrected chi connectivity index (χ4v) is 3.84. The van der Waals surface area contributed by atoms with E-state index >= 15 is 0 Å². The summed E-state index contributed by atoms with van der Waals surface area (Å²) < 4.78 is 40.9. The number of carbonyl (C=O) groups excluding carboxylic acids is 1. The summed E-state index contributed by atoms with van der Waals surface area (Å²) in [6, 6.07) is 9.60. The number of rotatable bonds is 5. The quantitative estimate of drug-likeness (QED) is 0.677. The van der Waals surface area contributed by atoms with E-state index in [4.69, 9.17) is 0 Å². The number of sulfonamides is 1. The first-order chi connectivity index (χ1) is 12.7. The molecule has 0 spiro atoms. The van der Waals surface area contributed by atoms with Crippen molar-refractivity contribution in [3.05, 3.63) is 64.4 Å². The Morgan fingerprint density at radius 2 is 1.89 bits per heavy atom. The van der Waals surface area contributed by atoms with Gasteiger partial charge in [-0.25, -0.2) is 12.8 Å². The van der Waals surface area contributed by atoms with Crippen LogP contribution in [0.3, 0.4) is 0 Å². The number of aromatic nitrogens is 2. The Balaban J connectivity index is 1.80. The Kier molecular flexibility index (Phi) is 5.19. The molecule has 2 N–H and O–H groups in total. The summed E-state index contributed by atoms with van der Waals surface area (Å²) in [5, 5.41) is 11.3. The molecule has 3 aromatic rings. The Bertz CT molecular complexity index is 1110. The fourth-order valence-electron chi connectivity index (χ4n) is 2.20. The van der Waals surface area contributed by atoms with E-state index in [1.807, 2.05) is 0 Å². The molecular formula is C17H15FN4O3S2. The van der Waals surface area contributed by atoms with E-state index in [1.54, 1.807) is 13.8 Å². The monoisotopic (exact) mass is 406 g/mol. The van der Waals surface area contributed by atoms with Gasteiger partial charge >= 0.3 is 0 Å².